The maximum atomic E-state index is 11.9. The largest absolute Gasteiger partial charge is 0.393 e. The Kier molecular flexibility index (Phi) is 5.12. The van der Waals surface area contributed by atoms with Crippen LogP contribution >= 0.6 is 0 Å². The van der Waals surface area contributed by atoms with E-state index in [1.54, 1.807) is 13.8 Å². The van der Waals surface area contributed by atoms with E-state index < -0.39 is 0 Å². The molecule has 0 unspecified atom stereocenters. The van der Waals surface area contributed by atoms with E-state index in [2.05, 4.69) is 15.3 Å². The van der Waals surface area contributed by atoms with E-state index in [-0.39, 0.29) is 30.0 Å². The number of carbonyl (C=O) groups is 1. The topological polar surface area (TPSA) is 95.1 Å². The van der Waals surface area contributed by atoms with Gasteiger partial charge in [-0.1, -0.05) is 0 Å². The Morgan fingerprint density at radius 2 is 2.00 bits per heavy atom. The molecule has 1 aliphatic rings. The van der Waals surface area contributed by atoms with Gasteiger partial charge in [0, 0.05) is 23.7 Å². The van der Waals surface area contributed by atoms with Crippen molar-refractivity contribution in [2.24, 2.45) is 0 Å². The van der Waals surface area contributed by atoms with Gasteiger partial charge in [0.25, 0.3) is 5.56 Å². The highest BCUT2D eigenvalue weighted by molar-refractivity contribution is 5.76. The standard InChI is InChI=1S/C15H23N3O3/c1-9-13(15(21)17-10(2)16-9)7-8-14(20)18-11-3-5-12(19)6-4-11/h11-12,19H,3-8H2,1-2H3,(H,18,20)(H,16,17,21). The zero-order valence-electron chi connectivity index (χ0n) is 12.6. The molecule has 2 rings (SSSR count). The smallest absolute Gasteiger partial charge is 0.254 e. The normalized spacial score (nSPS) is 22.0. The van der Waals surface area contributed by atoms with Crippen LogP contribution < -0.4 is 10.9 Å². The summed E-state index contributed by atoms with van der Waals surface area (Å²) in [5.74, 6) is 0.544. The molecule has 0 aliphatic heterocycles. The van der Waals surface area contributed by atoms with Crippen molar-refractivity contribution < 1.29 is 9.90 Å². The number of nitrogens with zero attached hydrogens (tertiary/aromatic N) is 1. The third kappa shape index (κ3) is 4.39. The second-order valence-corrected chi connectivity index (χ2v) is 5.79. The van der Waals surface area contributed by atoms with Gasteiger partial charge in [0.1, 0.15) is 5.82 Å². The summed E-state index contributed by atoms with van der Waals surface area (Å²) in [7, 11) is 0. The molecule has 6 nitrogen and oxygen atoms in total. The molecule has 1 heterocycles. The van der Waals surface area contributed by atoms with Crippen molar-refractivity contribution in [2.75, 3.05) is 0 Å². The zero-order valence-corrected chi connectivity index (χ0v) is 12.6. The molecule has 1 aromatic rings. The van der Waals surface area contributed by atoms with E-state index in [1.165, 1.54) is 0 Å². The molecule has 0 atom stereocenters. The molecule has 1 saturated carbocycles. The molecule has 0 radical (unpaired) electrons. The van der Waals surface area contributed by atoms with Crippen molar-refractivity contribution in [2.45, 2.75) is 64.5 Å². The first-order valence-corrected chi connectivity index (χ1v) is 7.49. The van der Waals surface area contributed by atoms with Crippen LogP contribution in [0.25, 0.3) is 0 Å². The Morgan fingerprint density at radius 1 is 1.33 bits per heavy atom. The van der Waals surface area contributed by atoms with Crippen LogP contribution in [0.2, 0.25) is 0 Å². The third-order valence-corrected chi connectivity index (χ3v) is 4.00. The van der Waals surface area contributed by atoms with E-state index in [9.17, 15) is 14.7 Å². The summed E-state index contributed by atoms with van der Waals surface area (Å²) in [4.78, 5) is 30.7. The number of aromatic nitrogens is 2. The molecule has 116 valence electrons. The van der Waals surface area contributed by atoms with Crippen molar-refractivity contribution in [3.05, 3.63) is 27.4 Å². The van der Waals surface area contributed by atoms with Crippen molar-refractivity contribution in [1.29, 1.82) is 0 Å². The first kappa shape index (κ1) is 15.7. The maximum Gasteiger partial charge on any atom is 0.254 e. The Morgan fingerprint density at radius 3 is 2.62 bits per heavy atom. The Hall–Kier alpha value is -1.69. The van der Waals surface area contributed by atoms with Gasteiger partial charge in [-0.05, 0) is 46.0 Å². The fourth-order valence-electron chi connectivity index (χ4n) is 2.80. The van der Waals surface area contributed by atoms with Crippen molar-refractivity contribution in [1.82, 2.24) is 15.3 Å². The summed E-state index contributed by atoms with van der Waals surface area (Å²) >= 11 is 0. The van der Waals surface area contributed by atoms with Gasteiger partial charge in [-0.25, -0.2) is 4.98 Å². The quantitative estimate of drug-likeness (QED) is 0.763. The summed E-state index contributed by atoms with van der Waals surface area (Å²) < 4.78 is 0. The van der Waals surface area contributed by atoms with Gasteiger partial charge >= 0.3 is 0 Å². The van der Waals surface area contributed by atoms with Gasteiger partial charge in [-0.15, -0.1) is 0 Å². The van der Waals surface area contributed by atoms with Crippen LogP contribution in [0, 0.1) is 13.8 Å². The number of rotatable bonds is 4. The van der Waals surface area contributed by atoms with E-state index >= 15 is 0 Å². The molecule has 1 aromatic heterocycles. The highest BCUT2D eigenvalue weighted by Gasteiger charge is 2.20. The molecule has 1 amide bonds. The first-order valence-electron chi connectivity index (χ1n) is 7.49. The van der Waals surface area contributed by atoms with Gasteiger partial charge in [-0.3, -0.25) is 9.59 Å². The molecule has 0 aromatic carbocycles. The molecule has 0 spiro atoms. The van der Waals surface area contributed by atoms with Crippen LogP contribution in [0.5, 0.6) is 0 Å². The number of aliphatic hydroxyl groups excluding tert-OH is 1. The van der Waals surface area contributed by atoms with E-state index in [0.717, 1.165) is 25.7 Å². The predicted octanol–water partition coefficient (Wildman–Crippen LogP) is 0.739. The molecule has 3 N–H and O–H groups in total. The number of aromatic amines is 1. The Bertz CT molecular complexity index is 560. The number of amides is 1. The Balaban J connectivity index is 1.86. The molecular formula is C15H23N3O3. The van der Waals surface area contributed by atoms with Crippen molar-refractivity contribution >= 4 is 5.91 Å². The SMILES string of the molecule is Cc1nc(C)c(CCC(=O)NC2CCC(O)CC2)c(=O)[nH]1. The number of H-pyrrole nitrogens is 1. The number of aryl methyl sites for hydroxylation is 2. The van der Waals surface area contributed by atoms with Gasteiger partial charge in [-0.2, -0.15) is 0 Å². The number of nitrogens with one attached hydrogen (secondary N) is 2. The van der Waals surface area contributed by atoms with Crippen LogP contribution in [0.4, 0.5) is 0 Å². The summed E-state index contributed by atoms with van der Waals surface area (Å²) in [6.45, 7) is 3.53. The summed E-state index contributed by atoms with van der Waals surface area (Å²) in [5.41, 5.74) is 1.10. The second-order valence-electron chi connectivity index (χ2n) is 5.79. The van der Waals surface area contributed by atoms with Gasteiger partial charge in [0.05, 0.1) is 6.10 Å². The minimum atomic E-state index is -0.224. The highest BCUT2D eigenvalue weighted by Crippen LogP contribution is 2.18. The highest BCUT2D eigenvalue weighted by atomic mass is 16.3. The van der Waals surface area contributed by atoms with Crippen LogP contribution in [0.15, 0.2) is 4.79 Å². The third-order valence-electron chi connectivity index (χ3n) is 4.00. The zero-order chi connectivity index (χ0) is 15.4. The summed E-state index contributed by atoms with van der Waals surface area (Å²) in [5, 5.41) is 12.4. The lowest BCUT2D eigenvalue weighted by Gasteiger charge is -2.26. The van der Waals surface area contributed by atoms with E-state index in [1.807, 2.05) is 0 Å². The van der Waals surface area contributed by atoms with Gasteiger partial charge in [0.15, 0.2) is 0 Å². The van der Waals surface area contributed by atoms with Gasteiger partial charge < -0.3 is 15.4 Å². The molecule has 21 heavy (non-hydrogen) atoms. The maximum absolute atomic E-state index is 11.9. The molecule has 6 heteroatoms. The minimum Gasteiger partial charge on any atom is -0.393 e. The van der Waals surface area contributed by atoms with E-state index in [4.69, 9.17) is 0 Å². The summed E-state index contributed by atoms with van der Waals surface area (Å²) in [6, 6.07) is 0.149. The molecule has 0 saturated heterocycles. The second kappa shape index (κ2) is 6.85. The number of carbonyl (C=O) groups excluding carboxylic acids is 1. The van der Waals surface area contributed by atoms with Crippen molar-refractivity contribution in [3.63, 3.8) is 0 Å². The average molecular weight is 293 g/mol. The molecular weight excluding hydrogens is 270 g/mol. The molecule has 0 bridgehead atoms. The van der Waals surface area contributed by atoms with Crippen LogP contribution in [0.1, 0.15) is 49.2 Å². The minimum absolute atomic E-state index is 0.0456. The fraction of sp³-hybridized carbons (Fsp3) is 0.667. The number of hydrogen-bond donors (Lipinski definition) is 3. The number of hydrogen-bond acceptors (Lipinski definition) is 4. The fourth-order valence-corrected chi connectivity index (χ4v) is 2.80. The first-order chi connectivity index (χ1) is 9.95. The van der Waals surface area contributed by atoms with E-state index in [0.29, 0.717) is 23.5 Å². The summed E-state index contributed by atoms with van der Waals surface area (Å²) in [6.07, 6.45) is 3.58. The lowest BCUT2D eigenvalue weighted by molar-refractivity contribution is -0.122. The van der Waals surface area contributed by atoms with Gasteiger partial charge in [0.2, 0.25) is 5.91 Å². The lowest BCUT2D eigenvalue weighted by Crippen LogP contribution is -2.38. The predicted molar refractivity (Wildman–Crippen MR) is 79.1 cm³/mol. The average Bonchev–Trinajstić information content (AvgIpc) is 2.40. The van der Waals surface area contributed by atoms with Crippen LogP contribution in [-0.2, 0) is 11.2 Å². The monoisotopic (exact) mass is 293 g/mol. The van der Waals surface area contributed by atoms with Crippen molar-refractivity contribution in [3.8, 4) is 0 Å². The number of aliphatic hydroxyl groups is 1. The molecule has 1 aliphatic carbocycles. The van der Waals surface area contributed by atoms with Crippen LogP contribution in [-0.4, -0.2) is 33.1 Å². The molecule has 1 fully saturated rings. The lowest BCUT2D eigenvalue weighted by atomic mass is 9.93. The van der Waals surface area contributed by atoms with Crippen LogP contribution in [0.3, 0.4) is 0 Å². The Labute approximate surface area is 124 Å².